The third-order valence-corrected chi connectivity index (χ3v) is 5.83. The summed E-state index contributed by atoms with van der Waals surface area (Å²) in [5.41, 5.74) is 0. The molecule has 3 heterocycles. The third-order valence-electron chi connectivity index (χ3n) is 2.40. The van der Waals surface area contributed by atoms with Crippen LogP contribution in [0.2, 0.25) is 0 Å². The van der Waals surface area contributed by atoms with Crippen molar-refractivity contribution in [2.24, 2.45) is 4.99 Å². The van der Waals surface area contributed by atoms with Gasteiger partial charge in [-0.15, -0.1) is 11.3 Å². The molecule has 2 aliphatic heterocycles. The molecule has 0 N–H and O–H groups in total. The molecule has 0 amide bonds. The van der Waals surface area contributed by atoms with Gasteiger partial charge in [0.05, 0.1) is 6.54 Å². The minimum absolute atomic E-state index is 0.164. The van der Waals surface area contributed by atoms with E-state index in [1.54, 1.807) is 11.4 Å². The Bertz CT molecular complexity index is 566. The molecule has 0 spiro atoms. The molecule has 5 nitrogen and oxygen atoms in total. The fourth-order valence-electron chi connectivity index (χ4n) is 1.64. The molecular formula is C8H7BrN2O3S2. The summed E-state index contributed by atoms with van der Waals surface area (Å²) in [5.74, 6) is 0. The van der Waals surface area contributed by atoms with Crippen molar-refractivity contribution in [2.75, 3.05) is 11.9 Å². The van der Waals surface area contributed by atoms with E-state index in [-0.39, 0.29) is 17.0 Å². The Morgan fingerprint density at radius 1 is 1.69 bits per heavy atom. The summed E-state index contributed by atoms with van der Waals surface area (Å²) in [6, 6.07) is 1.77. The first kappa shape index (κ1) is 10.5. The van der Waals surface area contributed by atoms with Crippen molar-refractivity contribution in [3.05, 3.63) is 11.4 Å². The highest BCUT2D eigenvalue weighted by molar-refractivity contribution is 9.09. The van der Waals surface area contributed by atoms with E-state index in [4.69, 9.17) is 4.74 Å². The van der Waals surface area contributed by atoms with Gasteiger partial charge in [-0.25, -0.2) is 12.7 Å². The normalized spacial score (nSPS) is 25.7. The molecule has 0 bridgehead atoms. The zero-order chi connectivity index (χ0) is 11.3. The molecule has 1 fully saturated rings. The summed E-state index contributed by atoms with van der Waals surface area (Å²) in [6.45, 7) is 0.321. The largest absolute Gasteiger partial charge is 0.458 e. The number of hydrogen-bond donors (Lipinski definition) is 0. The number of aliphatic imine (C=N–C) groups is 1. The summed E-state index contributed by atoms with van der Waals surface area (Å²) in [6.07, 6.45) is -0.164. The van der Waals surface area contributed by atoms with Crippen LogP contribution in [0.25, 0.3) is 0 Å². The van der Waals surface area contributed by atoms with Crippen molar-refractivity contribution in [3.63, 3.8) is 0 Å². The SMILES string of the molecule is O=S1(=O)c2ccsc2N=C2OC(CBr)CN21. The average molecular weight is 323 g/mol. The van der Waals surface area contributed by atoms with Crippen LogP contribution in [0.5, 0.6) is 0 Å². The number of ether oxygens (including phenoxy) is 1. The Morgan fingerprint density at radius 2 is 2.50 bits per heavy atom. The van der Waals surface area contributed by atoms with Crippen molar-refractivity contribution < 1.29 is 13.2 Å². The van der Waals surface area contributed by atoms with Crippen molar-refractivity contribution in [2.45, 2.75) is 11.0 Å². The number of amidine groups is 1. The first-order chi connectivity index (χ1) is 7.63. The van der Waals surface area contributed by atoms with Crippen LogP contribution in [-0.2, 0) is 14.8 Å². The highest BCUT2D eigenvalue weighted by atomic mass is 79.9. The second-order valence-corrected chi connectivity index (χ2v) is 6.79. The molecule has 0 radical (unpaired) electrons. The number of hydrogen-bond acceptors (Lipinski definition) is 5. The van der Waals surface area contributed by atoms with Crippen molar-refractivity contribution >= 4 is 48.3 Å². The van der Waals surface area contributed by atoms with Gasteiger partial charge in [0.15, 0.2) is 0 Å². The van der Waals surface area contributed by atoms with E-state index in [0.29, 0.717) is 16.9 Å². The van der Waals surface area contributed by atoms with Crippen molar-refractivity contribution in [1.29, 1.82) is 0 Å². The highest BCUT2D eigenvalue weighted by Gasteiger charge is 2.42. The van der Waals surface area contributed by atoms with Crippen molar-refractivity contribution in [3.8, 4) is 0 Å². The summed E-state index contributed by atoms with van der Waals surface area (Å²) in [5, 5.41) is 2.81. The molecule has 1 aromatic heterocycles. The van der Waals surface area contributed by atoms with E-state index in [9.17, 15) is 8.42 Å². The van der Waals surface area contributed by atoms with Gasteiger partial charge in [-0.2, -0.15) is 4.99 Å². The Morgan fingerprint density at radius 3 is 3.25 bits per heavy atom. The van der Waals surface area contributed by atoms with E-state index < -0.39 is 10.0 Å². The molecule has 1 atom stereocenters. The van der Waals surface area contributed by atoms with Gasteiger partial charge in [0.25, 0.3) is 10.0 Å². The lowest BCUT2D eigenvalue weighted by Gasteiger charge is -2.19. The lowest BCUT2D eigenvalue weighted by molar-refractivity contribution is 0.258. The molecule has 0 aliphatic carbocycles. The lowest BCUT2D eigenvalue weighted by atomic mass is 10.4. The second-order valence-electron chi connectivity index (χ2n) is 3.41. The number of thiophene rings is 1. The first-order valence-electron chi connectivity index (χ1n) is 4.54. The summed E-state index contributed by atoms with van der Waals surface area (Å²) in [7, 11) is -3.45. The third kappa shape index (κ3) is 1.33. The van der Waals surface area contributed by atoms with Gasteiger partial charge in [-0.3, -0.25) is 0 Å². The minimum atomic E-state index is -3.45. The predicted molar refractivity (Wildman–Crippen MR) is 64.0 cm³/mol. The molecule has 0 saturated carbocycles. The van der Waals surface area contributed by atoms with E-state index >= 15 is 0 Å². The fraction of sp³-hybridized carbons (Fsp3) is 0.375. The number of halogens is 1. The maximum Gasteiger partial charge on any atom is 0.308 e. The molecule has 3 rings (SSSR count). The van der Waals surface area contributed by atoms with Crippen molar-refractivity contribution in [1.82, 2.24) is 4.31 Å². The topological polar surface area (TPSA) is 59.0 Å². The van der Waals surface area contributed by atoms with E-state index in [1.807, 2.05) is 0 Å². The predicted octanol–water partition coefficient (Wildman–Crippen LogP) is 1.53. The van der Waals surface area contributed by atoms with Gasteiger partial charge in [-0.05, 0) is 11.4 Å². The smallest absolute Gasteiger partial charge is 0.308 e. The number of fused-ring (bicyclic) bond motifs is 2. The second kappa shape index (κ2) is 3.44. The maximum absolute atomic E-state index is 12.2. The summed E-state index contributed by atoms with van der Waals surface area (Å²) >= 11 is 4.57. The highest BCUT2D eigenvalue weighted by Crippen LogP contribution is 2.39. The standard InChI is InChI=1S/C8H7BrN2O3S2/c9-3-5-4-11-8(14-5)10-7-6(1-2-15-7)16(11,12)13/h1-2,5H,3-4H2. The van der Waals surface area contributed by atoms with Gasteiger partial charge >= 0.3 is 6.02 Å². The number of sulfonamides is 1. The van der Waals surface area contributed by atoms with Gasteiger partial charge in [0, 0.05) is 5.33 Å². The monoisotopic (exact) mass is 322 g/mol. The minimum Gasteiger partial charge on any atom is -0.458 e. The van der Waals surface area contributed by atoms with E-state index in [2.05, 4.69) is 20.9 Å². The van der Waals surface area contributed by atoms with Crippen LogP contribution in [0.15, 0.2) is 21.3 Å². The van der Waals surface area contributed by atoms with Crippen LogP contribution < -0.4 is 0 Å². The molecule has 1 aromatic rings. The Kier molecular flexibility index (Phi) is 2.27. The van der Waals surface area contributed by atoms with Crippen LogP contribution >= 0.6 is 27.3 Å². The van der Waals surface area contributed by atoms with E-state index in [0.717, 1.165) is 0 Å². The number of rotatable bonds is 1. The Hall–Kier alpha value is -0.600. The summed E-state index contributed by atoms with van der Waals surface area (Å²) in [4.78, 5) is 4.48. The molecule has 1 unspecified atom stereocenters. The number of nitrogens with zero attached hydrogens (tertiary/aromatic N) is 2. The van der Waals surface area contributed by atoms with Gasteiger partial charge in [0.2, 0.25) is 0 Å². The molecular weight excluding hydrogens is 316 g/mol. The molecule has 16 heavy (non-hydrogen) atoms. The van der Waals surface area contributed by atoms with Crippen LogP contribution in [0.4, 0.5) is 5.00 Å². The van der Waals surface area contributed by atoms with Crippen LogP contribution in [0.1, 0.15) is 0 Å². The van der Waals surface area contributed by atoms with Crippen LogP contribution in [0.3, 0.4) is 0 Å². The van der Waals surface area contributed by atoms with Gasteiger partial charge < -0.3 is 4.74 Å². The Labute approximate surface area is 105 Å². The lowest BCUT2D eigenvalue weighted by Crippen LogP contribution is -2.35. The van der Waals surface area contributed by atoms with Crippen LogP contribution in [0, 0.1) is 0 Å². The molecule has 8 heteroatoms. The average Bonchev–Trinajstić information content (AvgIpc) is 2.84. The maximum atomic E-state index is 12.2. The zero-order valence-corrected chi connectivity index (χ0v) is 11.2. The summed E-state index contributed by atoms with van der Waals surface area (Å²) < 4.78 is 31.0. The quantitative estimate of drug-likeness (QED) is 0.737. The fourth-order valence-corrected chi connectivity index (χ4v) is 4.57. The molecule has 0 aromatic carbocycles. The first-order valence-corrected chi connectivity index (χ1v) is 7.98. The van der Waals surface area contributed by atoms with Gasteiger partial charge in [-0.1, -0.05) is 15.9 Å². The number of alkyl halides is 1. The molecule has 1 saturated heterocycles. The van der Waals surface area contributed by atoms with Gasteiger partial charge in [0.1, 0.15) is 16.0 Å². The molecule has 86 valence electrons. The van der Waals surface area contributed by atoms with Crippen LogP contribution in [-0.4, -0.2) is 36.7 Å². The zero-order valence-electron chi connectivity index (χ0n) is 7.96. The van der Waals surface area contributed by atoms with E-state index in [1.165, 1.54) is 15.6 Å². The molecule has 2 aliphatic rings. The Balaban J connectivity index is 2.14.